The van der Waals surface area contributed by atoms with Crippen LogP contribution >= 0.6 is 0 Å². The summed E-state index contributed by atoms with van der Waals surface area (Å²) in [4.78, 5) is 8.02. The van der Waals surface area contributed by atoms with Crippen LogP contribution in [-0.2, 0) is 6.54 Å². The standard InChI is InChI=1S/C15H21N3/c1-4-11(2)16-10-14-17-12(3)15(18-14)13-8-6-5-7-9-13/h5-9,11,16H,4,10H2,1-3H3,(H,17,18). The van der Waals surface area contributed by atoms with Gasteiger partial charge in [-0.1, -0.05) is 37.3 Å². The number of nitrogens with zero attached hydrogens (tertiary/aromatic N) is 1. The number of aromatic amines is 1. The van der Waals surface area contributed by atoms with Gasteiger partial charge >= 0.3 is 0 Å². The summed E-state index contributed by atoms with van der Waals surface area (Å²) in [7, 11) is 0. The van der Waals surface area contributed by atoms with Crippen LogP contribution in [0.15, 0.2) is 30.3 Å². The lowest BCUT2D eigenvalue weighted by Gasteiger charge is -2.08. The van der Waals surface area contributed by atoms with E-state index in [1.807, 2.05) is 18.2 Å². The van der Waals surface area contributed by atoms with Crippen LogP contribution in [0.2, 0.25) is 0 Å². The second-order valence-corrected chi connectivity index (χ2v) is 4.71. The van der Waals surface area contributed by atoms with Gasteiger partial charge in [0.15, 0.2) is 0 Å². The van der Waals surface area contributed by atoms with Gasteiger partial charge < -0.3 is 10.3 Å². The molecule has 1 heterocycles. The Kier molecular flexibility index (Phi) is 4.15. The first-order valence-corrected chi connectivity index (χ1v) is 6.55. The van der Waals surface area contributed by atoms with E-state index in [0.29, 0.717) is 6.04 Å². The lowest BCUT2D eigenvalue weighted by atomic mass is 10.1. The predicted molar refractivity (Wildman–Crippen MR) is 75.4 cm³/mol. The number of aromatic nitrogens is 2. The van der Waals surface area contributed by atoms with Crippen molar-refractivity contribution in [3.05, 3.63) is 41.9 Å². The second-order valence-electron chi connectivity index (χ2n) is 4.71. The molecule has 0 aliphatic rings. The van der Waals surface area contributed by atoms with E-state index in [0.717, 1.165) is 30.2 Å². The van der Waals surface area contributed by atoms with Crippen molar-refractivity contribution in [2.75, 3.05) is 0 Å². The van der Waals surface area contributed by atoms with Gasteiger partial charge in [0.1, 0.15) is 5.82 Å². The summed E-state index contributed by atoms with van der Waals surface area (Å²) >= 11 is 0. The third kappa shape index (κ3) is 2.99. The molecule has 1 aromatic heterocycles. The normalized spacial score (nSPS) is 12.6. The predicted octanol–water partition coefficient (Wildman–Crippen LogP) is 3.27. The molecule has 18 heavy (non-hydrogen) atoms. The summed E-state index contributed by atoms with van der Waals surface area (Å²) in [6, 6.07) is 10.8. The Bertz CT molecular complexity index is 488. The number of hydrogen-bond acceptors (Lipinski definition) is 2. The number of aryl methyl sites for hydroxylation is 1. The summed E-state index contributed by atoms with van der Waals surface area (Å²) in [5, 5.41) is 3.45. The molecule has 0 aliphatic carbocycles. The zero-order valence-electron chi connectivity index (χ0n) is 11.3. The Morgan fingerprint density at radius 2 is 2.00 bits per heavy atom. The maximum absolute atomic E-state index is 4.67. The Balaban J connectivity index is 2.12. The van der Waals surface area contributed by atoms with Gasteiger partial charge in [-0.3, -0.25) is 0 Å². The van der Waals surface area contributed by atoms with E-state index in [9.17, 15) is 0 Å². The minimum absolute atomic E-state index is 0.524. The van der Waals surface area contributed by atoms with Crippen LogP contribution < -0.4 is 5.32 Å². The monoisotopic (exact) mass is 243 g/mol. The molecule has 2 aromatic rings. The van der Waals surface area contributed by atoms with Crippen LogP contribution in [0.1, 0.15) is 31.8 Å². The molecule has 3 nitrogen and oxygen atoms in total. The Hall–Kier alpha value is -1.61. The molecule has 96 valence electrons. The van der Waals surface area contributed by atoms with E-state index < -0.39 is 0 Å². The van der Waals surface area contributed by atoms with Gasteiger partial charge in [-0.25, -0.2) is 4.98 Å². The Morgan fingerprint density at radius 1 is 1.28 bits per heavy atom. The molecule has 0 aliphatic heterocycles. The maximum Gasteiger partial charge on any atom is 0.121 e. The average Bonchev–Trinajstić information content (AvgIpc) is 2.78. The average molecular weight is 243 g/mol. The number of rotatable bonds is 5. The van der Waals surface area contributed by atoms with E-state index in [1.165, 1.54) is 5.56 Å². The van der Waals surface area contributed by atoms with Crippen molar-refractivity contribution in [2.45, 2.75) is 39.8 Å². The maximum atomic E-state index is 4.67. The number of nitrogens with one attached hydrogen (secondary N) is 2. The first-order valence-electron chi connectivity index (χ1n) is 6.55. The van der Waals surface area contributed by atoms with Gasteiger partial charge in [0.2, 0.25) is 0 Å². The highest BCUT2D eigenvalue weighted by atomic mass is 15.0. The number of H-pyrrole nitrogens is 1. The molecular formula is C15H21N3. The molecular weight excluding hydrogens is 222 g/mol. The van der Waals surface area contributed by atoms with Crippen LogP contribution in [0.3, 0.4) is 0 Å². The van der Waals surface area contributed by atoms with E-state index in [-0.39, 0.29) is 0 Å². The molecule has 0 bridgehead atoms. The van der Waals surface area contributed by atoms with Gasteiger partial charge in [-0.15, -0.1) is 0 Å². The smallest absolute Gasteiger partial charge is 0.121 e. The number of imidazole rings is 1. The topological polar surface area (TPSA) is 40.7 Å². The summed E-state index contributed by atoms with van der Waals surface area (Å²) in [6.45, 7) is 7.24. The lowest BCUT2D eigenvalue weighted by Crippen LogP contribution is -2.24. The number of hydrogen-bond donors (Lipinski definition) is 2. The first-order chi connectivity index (χ1) is 8.70. The summed E-state index contributed by atoms with van der Waals surface area (Å²) in [5.74, 6) is 1.01. The summed E-state index contributed by atoms with van der Waals surface area (Å²) in [5.41, 5.74) is 3.35. The second kappa shape index (κ2) is 5.83. The molecule has 0 saturated carbocycles. The molecule has 2 rings (SSSR count). The van der Waals surface area contributed by atoms with Crippen LogP contribution in [-0.4, -0.2) is 16.0 Å². The quantitative estimate of drug-likeness (QED) is 0.846. The minimum atomic E-state index is 0.524. The highest BCUT2D eigenvalue weighted by Gasteiger charge is 2.08. The van der Waals surface area contributed by atoms with Crippen molar-refractivity contribution >= 4 is 0 Å². The molecule has 3 heteroatoms. The van der Waals surface area contributed by atoms with Gasteiger partial charge in [0.05, 0.1) is 12.2 Å². The SMILES string of the molecule is CCC(C)NCc1nc(-c2ccccc2)c(C)[nH]1. The van der Waals surface area contributed by atoms with Crippen molar-refractivity contribution in [3.63, 3.8) is 0 Å². The summed E-state index contributed by atoms with van der Waals surface area (Å²) < 4.78 is 0. The van der Waals surface area contributed by atoms with E-state index in [1.54, 1.807) is 0 Å². The van der Waals surface area contributed by atoms with Crippen molar-refractivity contribution in [1.82, 2.24) is 15.3 Å². The first kappa shape index (κ1) is 12.8. The lowest BCUT2D eigenvalue weighted by molar-refractivity contribution is 0.525. The molecule has 2 N–H and O–H groups in total. The fourth-order valence-corrected chi connectivity index (χ4v) is 1.90. The molecule has 0 amide bonds. The van der Waals surface area contributed by atoms with Crippen molar-refractivity contribution in [3.8, 4) is 11.3 Å². The van der Waals surface area contributed by atoms with Crippen LogP contribution in [0.4, 0.5) is 0 Å². The molecule has 0 fully saturated rings. The van der Waals surface area contributed by atoms with Crippen LogP contribution in [0, 0.1) is 6.92 Å². The molecule has 0 radical (unpaired) electrons. The molecule has 1 atom stereocenters. The van der Waals surface area contributed by atoms with E-state index in [4.69, 9.17) is 0 Å². The highest BCUT2D eigenvalue weighted by Crippen LogP contribution is 2.20. The van der Waals surface area contributed by atoms with Gasteiger partial charge in [-0.05, 0) is 20.3 Å². The van der Waals surface area contributed by atoms with E-state index in [2.05, 4.69) is 48.2 Å². The van der Waals surface area contributed by atoms with Gasteiger partial charge in [-0.2, -0.15) is 0 Å². The van der Waals surface area contributed by atoms with Crippen molar-refractivity contribution < 1.29 is 0 Å². The minimum Gasteiger partial charge on any atom is -0.344 e. The fourth-order valence-electron chi connectivity index (χ4n) is 1.90. The van der Waals surface area contributed by atoms with Crippen molar-refractivity contribution in [1.29, 1.82) is 0 Å². The van der Waals surface area contributed by atoms with E-state index >= 15 is 0 Å². The number of benzene rings is 1. The van der Waals surface area contributed by atoms with Gasteiger partial charge in [0.25, 0.3) is 0 Å². The Labute approximate surface area is 109 Å². The molecule has 1 unspecified atom stereocenters. The third-order valence-electron chi connectivity index (χ3n) is 3.21. The molecule has 0 saturated heterocycles. The summed E-state index contributed by atoms with van der Waals surface area (Å²) in [6.07, 6.45) is 1.13. The van der Waals surface area contributed by atoms with Crippen molar-refractivity contribution in [2.24, 2.45) is 0 Å². The zero-order chi connectivity index (χ0) is 13.0. The van der Waals surface area contributed by atoms with Crippen LogP contribution in [0.5, 0.6) is 0 Å². The fraction of sp³-hybridized carbons (Fsp3) is 0.400. The van der Waals surface area contributed by atoms with Gasteiger partial charge in [0, 0.05) is 17.3 Å². The molecule has 0 spiro atoms. The zero-order valence-corrected chi connectivity index (χ0v) is 11.3. The molecule has 1 aromatic carbocycles. The third-order valence-corrected chi connectivity index (χ3v) is 3.21. The van der Waals surface area contributed by atoms with Crippen LogP contribution in [0.25, 0.3) is 11.3 Å². The largest absolute Gasteiger partial charge is 0.344 e. The Morgan fingerprint density at radius 3 is 2.67 bits per heavy atom. The highest BCUT2D eigenvalue weighted by molar-refractivity contribution is 5.61.